The summed E-state index contributed by atoms with van der Waals surface area (Å²) in [4.78, 5) is 25.6. The van der Waals surface area contributed by atoms with Crippen LogP contribution in [0.25, 0.3) is 11.1 Å². The van der Waals surface area contributed by atoms with Crippen LogP contribution in [0.2, 0.25) is 0 Å². The van der Waals surface area contributed by atoms with Crippen molar-refractivity contribution in [1.82, 2.24) is 4.81 Å². The van der Waals surface area contributed by atoms with Gasteiger partial charge < -0.3 is 14.3 Å². The number of carbonyl (C=O) groups excluding carboxylic acids is 2. The largest absolute Gasteiger partial charge is 0.377 e. The predicted octanol–water partition coefficient (Wildman–Crippen LogP) is 3.62. The Bertz CT molecular complexity index is 976. The molecular formula is C25H24BNO3. The minimum atomic E-state index is -0.501. The molecule has 0 aromatic heterocycles. The highest BCUT2D eigenvalue weighted by Gasteiger charge is 2.39. The zero-order valence-electron chi connectivity index (χ0n) is 16.8. The fourth-order valence-electron chi connectivity index (χ4n) is 4.00. The highest BCUT2D eigenvalue weighted by molar-refractivity contribution is 6.66. The Morgan fingerprint density at radius 1 is 0.867 bits per heavy atom. The number of ether oxygens (including phenoxy) is 1. The molecule has 0 radical (unpaired) electrons. The quantitative estimate of drug-likeness (QED) is 0.431. The molecule has 1 heterocycles. The Morgan fingerprint density at radius 3 is 2.17 bits per heavy atom. The molecule has 4 nitrogen and oxygen atoms in total. The summed E-state index contributed by atoms with van der Waals surface area (Å²) in [6.07, 6.45) is 1.60. The highest BCUT2D eigenvalue weighted by Crippen LogP contribution is 2.26. The molecule has 5 heteroatoms. The molecule has 150 valence electrons. The van der Waals surface area contributed by atoms with E-state index in [1.54, 1.807) is 4.81 Å². The van der Waals surface area contributed by atoms with Crippen molar-refractivity contribution < 1.29 is 14.3 Å². The van der Waals surface area contributed by atoms with E-state index in [2.05, 4.69) is 36.4 Å². The number of benzene rings is 3. The average Bonchev–Trinajstić information content (AvgIpc) is 3.09. The Labute approximate surface area is 177 Å². The Morgan fingerprint density at radius 2 is 1.50 bits per heavy atom. The summed E-state index contributed by atoms with van der Waals surface area (Å²) < 4.78 is 5.92. The smallest absolute Gasteiger partial charge is 0.313 e. The van der Waals surface area contributed by atoms with Gasteiger partial charge in [0.05, 0.1) is 6.61 Å². The second-order valence-electron chi connectivity index (χ2n) is 7.60. The molecule has 0 unspecified atom stereocenters. The van der Waals surface area contributed by atoms with Crippen LogP contribution < -0.4 is 0 Å². The van der Waals surface area contributed by atoms with Crippen LogP contribution >= 0.6 is 0 Å². The second kappa shape index (κ2) is 9.55. The van der Waals surface area contributed by atoms with Crippen LogP contribution in [0.4, 0.5) is 0 Å². The minimum Gasteiger partial charge on any atom is -0.377 e. The van der Waals surface area contributed by atoms with Gasteiger partial charge in [-0.25, -0.2) is 0 Å². The molecule has 0 N–H and O–H groups in total. The fourth-order valence-corrected chi connectivity index (χ4v) is 4.00. The van der Waals surface area contributed by atoms with E-state index in [0.29, 0.717) is 19.4 Å². The third-order valence-electron chi connectivity index (χ3n) is 5.58. The summed E-state index contributed by atoms with van der Waals surface area (Å²) in [7, 11) is 0.108. The molecule has 30 heavy (non-hydrogen) atoms. The number of hydrogen-bond acceptors (Lipinski definition) is 3. The van der Waals surface area contributed by atoms with Gasteiger partial charge in [-0.05, 0) is 28.7 Å². The number of carbonyl (C=O) groups is 2. The van der Waals surface area contributed by atoms with Crippen LogP contribution in [-0.2, 0) is 27.4 Å². The first kappa shape index (κ1) is 20.1. The molecule has 1 amide bonds. The van der Waals surface area contributed by atoms with Crippen molar-refractivity contribution in [2.24, 2.45) is 0 Å². The lowest BCUT2D eigenvalue weighted by molar-refractivity contribution is -0.134. The second-order valence-corrected chi connectivity index (χ2v) is 7.60. The summed E-state index contributed by atoms with van der Waals surface area (Å²) in [6.45, 7) is 0.394. The van der Waals surface area contributed by atoms with Crippen molar-refractivity contribution in [3.63, 3.8) is 0 Å². The molecular weight excluding hydrogens is 373 g/mol. The molecule has 1 saturated heterocycles. The summed E-state index contributed by atoms with van der Waals surface area (Å²) in [5.74, 6) is -0.0936. The Kier molecular flexibility index (Phi) is 6.40. The van der Waals surface area contributed by atoms with E-state index in [9.17, 15) is 9.59 Å². The summed E-state index contributed by atoms with van der Waals surface area (Å²) >= 11 is 0. The fraction of sp³-hybridized carbons (Fsp3) is 0.200. The topological polar surface area (TPSA) is 46.6 Å². The van der Waals surface area contributed by atoms with Crippen molar-refractivity contribution in [1.29, 1.82) is 0 Å². The molecule has 1 aliphatic rings. The summed E-state index contributed by atoms with van der Waals surface area (Å²) in [5, 5.41) is 0. The van der Waals surface area contributed by atoms with Crippen molar-refractivity contribution in [2.45, 2.75) is 31.6 Å². The van der Waals surface area contributed by atoms with Crippen LogP contribution in [0, 0.1) is 0 Å². The lowest BCUT2D eigenvalue weighted by Crippen LogP contribution is -2.39. The van der Waals surface area contributed by atoms with Crippen LogP contribution in [0.1, 0.15) is 17.5 Å². The van der Waals surface area contributed by atoms with Crippen molar-refractivity contribution in [3.05, 3.63) is 96.1 Å². The van der Waals surface area contributed by atoms with Gasteiger partial charge in [0.1, 0.15) is 12.3 Å². The highest BCUT2D eigenvalue weighted by atomic mass is 16.5. The maximum atomic E-state index is 12.8. The Hall–Kier alpha value is -3.18. The van der Waals surface area contributed by atoms with E-state index in [-0.39, 0.29) is 19.4 Å². The zero-order valence-corrected chi connectivity index (χ0v) is 16.8. The van der Waals surface area contributed by atoms with Gasteiger partial charge in [0.15, 0.2) is 0 Å². The first-order valence-electron chi connectivity index (χ1n) is 10.3. The van der Waals surface area contributed by atoms with E-state index in [1.807, 2.05) is 48.5 Å². The lowest BCUT2D eigenvalue weighted by atomic mass is 9.91. The van der Waals surface area contributed by atoms with Gasteiger partial charge in [-0.1, -0.05) is 84.9 Å². The van der Waals surface area contributed by atoms with E-state index < -0.39 is 6.10 Å². The van der Waals surface area contributed by atoms with Crippen molar-refractivity contribution >= 4 is 19.5 Å². The predicted molar refractivity (Wildman–Crippen MR) is 120 cm³/mol. The molecule has 4 rings (SSSR count). The molecule has 0 aliphatic carbocycles. The van der Waals surface area contributed by atoms with Crippen molar-refractivity contribution in [3.8, 4) is 11.1 Å². The van der Waals surface area contributed by atoms with E-state index in [0.717, 1.165) is 22.9 Å². The average molecular weight is 397 g/mol. The molecule has 2 atom stereocenters. The lowest BCUT2D eigenvalue weighted by Gasteiger charge is -2.22. The Balaban J connectivity index is 1.42. The van der Waals surface area contributed by atoms with Gasteiger partial charge >= 0.3 is 7.41 Å². The molecule has 1 aliphatic heterocycles. The number of amides is 1. The van der Waals surface area contributed by atoms with Gasteiger partial charge in [0.25, 0.3) is 0 Å². The van der Waals surface area contributed by atoms with Gasteiger partial charge in [-0.2, -0.15) is 0 Å². The summed E-state index contributed by atoms with van der Waals surface area (Å²) in [5.41, 5.74) is 4.52. The SMILES string of the molecule is O=CBN1C(=O)[C@@H](OCc2ccccc2)C[C@H]1Cc1ccc(-c2ccccc2)cc1. The molecule has 1 fully saturated rings. The normalized spacial score (nSPS) is 18.4. The molecule has 0 spiro atoms. The van der Waals surface area contributed by atoms with Crippen molar-refractivity contribution in [2.75, 3.05) is 0 Å². The summed E-state index contributed by atoms with van der Waals surface area (Å²) in [6, 6.07) is 28.4. The first-order chi connectivity index (χ1) is 14.7. The van der Waals surface area contributed by atoms with Crippen LogP contribution in [0.3, 0.4) is 0 Å². The van der Waals surface area contributed by atoms with Gasteiger partial charge in [-0.3, -0.25) is 4.79 Å². The first-order valence-corrected chi connectivity index (χ1v) is 10.3. The monoisotopic (exact) mass is 397 g/mol. The van der Waals surface area contributed by atoms with E-state index in [4.69, 9.17) is 4.74 Å². The van der Waals surface area contributed by atoms with Crippen LogP contribution in [-0.4, -0.2) is 36.5 Å². The van der Waals surface area contributed by atoms with Crippen LogP contribution in [0.15, 0.2) is 84.9 Å². The minimum absolute atomic E-state index is 0.0361. The third kappa shape index (κ3) is 4.69. The van der Waals surface area contributed by atoms with E-state index >= 15 is 0 Å². The van der Waals surface area contributed by atoms with Crippen LogP contribution in [0.5, 0.6) is 0 Å². The molecule has 3 aromatic rings. The molecule has 0 bridgehead atoms. The number of rotatable bonds is 8. The zero-order chi connectivity index (χ0) is 20.8. The van der Waals surface area contributed by atoms with Gasteiger partial charge in [0.2, 0.25) is 5.91 Å². The maximum absolute atomic E-state index is 12.8. The molecule has 3 aromatic carbocycles. The van der Waals surface area contributed by atoms with Gasteiger partial charge in [0, 0.05) is 12.5 Å². The standard InChI is InChI=1S/C25H24BNO3/c28-18-26-27-23(16-24(25(27)29)30-17-20-7-3-1-4-8-20)15-19-11-13-22(14-12-19)21-9-5-2-6-10-21/h1-14,18,23-24,26H,15-17H2/t23-,24+/m1/s1. The van der Waals surface area contributed by atoms with E-state index in [1.165, 1.54) is 5.56 Å². The third-order valence-corrected chi connectivity index (χ3v) is 5.58. The molecule has 0 saturated carbocycles. The number of nitrogens with zero attached hydrogens (tertiary/aromatic N) is 1. The van der Waals surface area contributed by atoms with Gasteiger partial charge in [-0.15, -0.1) is 0 Å². The number of hydrogen-bond donors (Lipinski definition) is 0. The maximum Gasteiger partial charge on any atom is 0.313 e.